The van der Waals surface area contributed by atoms with Crippen LogP contribution in [0.5, 0.6) is 0 Å². The van der Waals surface area contributed by atoms with Crippen molar-refractivity contribution in [3.8, 4) is 0 Å². The van der Waals surface area contributed by atoms with Crippen molar-refractivity contribution in [1.29, 1.82) is 0 Å². The molecule has 3 rings (SSSR count). The average Bonchev–Trinajstić information content (AvgIpc) is 3.04. The highest BCUT2D eigenvalue weighted by molar-refractivity contribution is 6.31. The zero-order valence-corrected chi connectivity index (χ0v) is 16.4. The Hall–Kier alpha value is -3.19. The molecule has 1 N–H and O–H groups in total. The van der Waals surface area contributed by atoms with E-state index in [9.17, 15) is 19.2 Å². The molecule has 1 aliphatic heterocycles. The molecule has 0 radical (unpaired) electrons. The fraction of sp³-hybridized carbons (Fsp3) is 0.238. The average molecular weight is 415 g/mol. The predicted octanol–water partition coefficient (Wildman–Crippen LogP) is 3.03. The van der Waals surface area contributed by atoms with Gasteiger partial charge in [-0.25, -0.2) is 4.79 Å². The van der Waals surface area contributed by atoms with Gasteiger partial charge in [0.25, 0.3) is 5.91 Å². The van der Waals surface area contributed by atoms with E-state index in [1.165, 1.54) is 24.3 Å². The molecule has 0 aromatic heterocycles. The Bertz CT molecular complexity index is 942. The third-order valence-corrected chi connectivity index (χ3v) is 4.84. The van der Waals surface area contributed by atoms with Crippen LogP contribution in [-0.2, 0) is 19.1 Å². The standard InChI is InChI=1S/C21H19ClN2O5/c1-13(16-4-2-3-5-17(16)22)23-18(25)12-29-21(28)14-6-8-15(9-7-14)24-19(26)10-11-20(24)27/h2-9,13H,10-12H2,1H3,(H,23,25)/t13-/m1/s1. The van der Waals surface area contributed by atoms with Crippen molar-refractivity contribution in [3.63, 3.8) is 0 Å². The van der Waals surface area contributed by atoms with Crippen LogP contribution in [0.4, 0.5) is 5.69 Å². The number of ether oxygens (including phenoxy) is 1. The molecule has 3 amide bonds. The maximum atomic E-state index is 12.1. The second-order valence-electron chi connectivity index (χ2n) is 6.56. The number of esters is 1. The Balaban J connectivity index is 1.54. The number of nitrogens with one attached hydrogen (secondary N) is 1. The zero-order chi connectivity index (χ0) is 21.0. The second kappa shape index (κ2) is 8.87. The van der Waals surface area contributed by atoms with E-state index in [1.54, 1.807) is 25.1 Å². The number of benzene rings is 2. The number of halogens is 1. The Morgan fingerprint density at radius 3 is 2.31 bits per heavy atom. The van der Waals surface area contributed by atoms with Gasteiger partial charge < -0.3 is 10.1 Å². The van der Waals surface area contributed by atoms with E-state index in [1.807, 2.05) is 6.07 Å². The maximum absolute atomic E-state index is 12.1. The largest absolute Gasteiger partial charge is 0.452 e. The van der Waals surface area contributed by atoms with Gasteiger partial charge in [-0.3, -0.25) is 19.3 Å². The van der Waals surface area contributed by atoms with Crippen molar-refractivity contribution < 1.29 is 23.9 Å². The first-order chi connectivity index (χ1) is 13.9. The SMILES string of the molecule is C[C@@H](NC(=O)COC(=O)c1ccc(N2C(=O)CCC2=O)cc1)c1ccccc1Cl. The number of hydrogen-bond donors (Lipinski definition) is 1. The molecule has 0 saturated carbocycles. The normalized spacial score (nSPS) is 14.6. The second-order valence-corrected chi connectivity index (χ2v) is 6.96. The van der Waals surface area contributed by atoms with E-state index in [4.69, 9.17) is 16.3 Å². The number of hydrogen-bond acceptors (Lipinski definition) is 5. The van der Waals surface area contributed by atoms with Crippen LogP contribution in [0.15, 0.2) is 48.5 Å². The fourth-order valence-corrected chi connectivity index (χ4v) is 3.31. The van der Waals surface area contributed by atoms with Gasteiger partial charge in [0.05, 0.1) is 17.3 Å². The van der Waals surface area contributed by atoms with Gasteiger partial charge in [0.1, 0.15) is 0 Å². The number of amides is 3. The molecule has 8 heteroatoms. The van der Waals surface area contributed by atoms with Crippen molar-refractivity contribution in [1.82, 2.24) is 5.32 Å². The third-order valence-electron chi connectivity index (χ3n) is 4.50. The minimum absolute atomic E-state index is 0.185. The summed E-state index contributed by atoms with van der Waals surface area (Å²) in [6, 6.07) is 12.7. The van der Waals surface area contributed by atoms with E-state index < -0.39 is 18.5 Å². The minimum atomic E-state index is -0.684. The first-order valence-electron chi connectivity index (χ1n) is 9.03. The highest BCUT2D eigenvalue weighted by Gasteiger charge is 2.30. The van der Waals surface area contributed by atoms with Crippen molar-refractivity contribution in [2.24, 2.45) is 0 Å². The van der Waals surface area contributed by atoms with Crippen LogP contribution < -0.4 is 10.2 Å². The molecule has 0 aliphatic carbocycles. The van der Waals surface area contributed by atoms with E-state index in [-0.39, 0.29) is 36.3 Å². The van der Waals surface area contributed by atoms with Gasteiger partial charge in [-0.2, -0.15) is 0 Å². The number of imide groups is 1. The lowest BCUT2D eigenvalue weighted by Gasteiger charge is -2.16. The zero-order valence-electron chi connectivity index (χ0n) is 15.7. The number of nitrogens with zero attached hydrogens (tertiary/aromatic N) is 1. The van der Waals surface area contributed by atoms with Gasteiger partial charge >= 0.3 is 5.97 Å². The molecule has 1 aliphatic rings. The van der Waals surface area contributed by atoms with Crippen LogP contribution in [0.2, 0.25) is 5.02 Å². The summed E-state index contributed by atoms with van der Waals surface area (Å²) in [5.41, 5.74) is 1.37. The van der Waals surface area contributed by atoms with E-state index >= 15 is 0 Å². The monoisotopic (exact) mass is 414 g/mol. The Morgan fingerprint density at radius 2 is 1.69 bits per heavy atom. The van der Waals surface area contributed by atoms with Gasteiger partial charge in [0.2, 0.25) is 11.8 Å². The van der Waals surface area contributed by atoms with Crippen LogP contribution in [-0.4, -0.2) is 30.3 Å². The Kier molecular flexibility index (Phi) is 6.29. The predicted molar refractivity (Wildman–Crippen MR) is 106 cm³/mol. The molecule has 2 aromatic rings. The topological polar surface area (TPSA) is 92.8 Å². The van der Waals surface area contributed by atoms with Gasteiger partial charge in [-0.15, -0.1) is 0 Å². The van der Waals surface area contributed by atoms with Crippen LogP contribution in [0.1, 0.15) is 41.7 Å². The lowest BCUT2D eigenvalue weighted by atomic mass is 10.1. The first-order valence-corrected chi connectivity index (χ1v) is 9.41. The van der Waals surface area contributed by atoms with Crippen LogP contribution in [0.3, 0.4) is 0 Å². The molecular formula is C21H19ClN2O5. The third kappa shape index (κ3) is 4.81. The minimum Gasteiger partial charge on any atom is -0.452 e. The quantitative estimate of drug-likeness (QED) is 0.579. The summed E-state index contributed by atoms with van der Waals surface area (Å²) in [4.78, 5) is 48.8. The molecule has 0 bridgehead atoms. The Morgan fingerprint density at radius 1 is 1.07 bits per heavy atom. The molecule has 1 heterocycles. The molecule has 0 spiro atoms. The highest BCUT2D eigenvalue weighted by atomic mass is 35.5. The van der Waals surface area contributed by atoms with Crippen LogP contribution >= 0.6 is 11.6 Å². The Labute approximate surface area is 172 Å². The molecule has 29 heavy (non-hydrogen) atoms. The summed E-state index contributed by atoms with van der Waals surface area (Å²) in [5, 5.41) is 3.25. The maximum Gasteiger partial charge on any atom is 0.338 e. The lowest BCUT2D eigenvalue weighted by molar-refractivity contribution is -0.125. The molecule has 1 saturated heterocycles. The van der Waals surface area contributed by atoms with Gasteiger partial charge in [0.15, 0.2) is 6.61 Å². The number of anilines is 1. The number of carbonyl (C=O) groups is 4. The molecule has 0 unspecified atom stereocenters. The molecule has 150 valence electrons. The summed E-state index contributed by atoms with van der Waals surface area (Å²) in [6.45, 7) is 1.33. The summed E-state index contributed by atoms with van der Waals surface area (Å²) >= 11 is 6.11. The summed E-state index contributed by atoms with van der Waals surface area (Å²) in [5.74, 6) is -1.68. The molecule has 1 fully saturated rings. The van der Waals surface area contributed by atoms with Gasteiger partial charge in [-0.05, 0) is 42.8 Å². The van der Waals surface area contributed by atoms with Crippen LogP contribution in [0, 0.1) is 0 Å². The lowest BCUT2D eigenvalue weighted by Crippen LogP contribution is -2.31. The van der Waals surface area contributed by atoms with Crippen LogP contribution in [0.25, 0.3) is 0 Å². The van der Waals surface area contributed by atoms with Crippen molar-refractivity contribution in [2.75, 3.05) is 11.5 Å². The fourth-order valence-electron chi connectivity index (χ4n) is 3.01. The summed E-state index contributed by atoms with van der Waals surface area (Å²) in [6.07, 6.45) is 0.370. The number of rotatable bonds is 6. The van der Waals surface area contributed by atoms with E-state index in [0.717, 1.165) is 10.5 Å². The van der Waals surface area contributed by atoms with Crippen molar-refractivity contribution >= 4 is 41.0 Å². The summed E-state index contributed by atoms with van der Waals surface area (Å²) in [7, 11) is 0. The van der Waals surface area contributed by atoms with Gasteiger partial charge in [0, 0.05) is 17.9 Å². The van der Waals surface area contributed by atoms with E-state index in [2.05, 4.69) is 5.32 Å². The van der Waals surface area contributed by atoms with Crippen molar-refractivity contribution in [3.05, 3.63) is 64.7 Å². The number of carbonyl (C=O) groups excluding carboxylic acids is 4. The van der Waals surface area contributed by atoms with Crippen molar-refractivity contribution in [2.45, 2.75) is 25.8 Å². The molecular weight excluding hydrogens is 396 g/mol. The highest BCUT2D eigenvalue weighted by Crippen LogP contribution is 2.23. The smallest absolute Gasteiger partial charge is 0.338 e. The molecule has 7 nitrogen and oxygen atoms in total. The summed E-state index contributed by atoms with van der Waals surface area (Å²) < 4.78 is 5.03. The first kappa shape index (κ1) is 20.5. The molecule has 1 atom stereocenters. The van der Waals surface area contributed by atoms with Gasteiger partial charge in [-0.1, -0.05) is 29.8 Å². The van der Waals surface area contributed by atoms with E-state index in [0.29, 0.717) is 10.7 Å². The molecule has 2 aromatic carbocycles.